The monoisotopic (exact) mass is 328 g/mol. The molecule has 128 valence electrons. The van der Waals surface area contributed by atoms with E-state index >= 15 is 0 Å². The number of carbonyl (C=O) groups is 1. The molecule has 1 saturated heterocycles. The van der Waals surface area contributed by atoms with Gasteiger partial charge < -0.3 is 9.64 Å². The first-order valence-corrected chi connectivity index (χ1v) is 8.35. The number of methoxy groups -OCH3 is 1. The topological polar surface area (TPSA) is 60.2 Å². The Morgan fingerprint density at radius 3 is 2.92 bits per heavy atom. The standard InChI is InChI=1S/C18H24N4O2/c1-13-19-14(2)22(20-13)17-8-5-9-21(11-17)18(23)16-7-4-6-15(10-16)12-24-3/h4,6-7,10,17H,5,8-9,11-12H2,1-3H3/t17-/m0/s1. The summed E-state index contributed by atoms with van der Waals surface area (Å²) in [4.78, 5) is 19.2. The number of hydrogen-bond acceptors (Lipinski definition) is 4. The number of carbonyl (C=O) groups excluding carboxylic acids is 1. The molecule has 0 saturated carbocycles. The average Bonchev–Trinajstić information content (AvgIpc) is 2.93. The lowest BCUT2D eigenvalue weighted by Gasteiger charge is -2.33. The van der Waals surface area contributed by atoms with Gasteiger partial charge in [0.05, 0.1) is 12.6 Å². The van der Waals surface area contributed by atoms with Crippen LogP contribution in [0.1, 0.15) is 46.5 Å². The van der Waals surface area contributed by atoms with Crippen molar-refractivity contribution in [2.24, 2.45) is 0 Å². The Hall–Kier alpha value is -2.21. The van der Waals surface area contributed by atoms with Crippen LogP contribution in [-0.2, 0) is 11.3 Å². The first kappa shape index (κ1) is 16.6. The van der Waals surface area contributed by atoms with Crippen LogP contribution in [0.25, 0.3) is 0 Å². The van der Waals surface area contributed by atoms with E-state index in [0.29, 0.717) is 13.2 Å². The van der Waals surface area contributed by atoms with Gasteiger partial charge >= 0.3 is 0 Å². The minimum atomic E-state index is 0.0761. The molecule has 0 unspecified atom stereocenters. The fraction of sp³-hybridized carbons (Fsp3) is 0.500. The molecule has 1 aromatic carbocycles. The van der Waals surface area contributed by atoms with Gasteiger partial charge in [-0.1, -0.05) is 12.1 Å². The zero-order chi connectivity index (χ0) is 17.1. The second kappa shape index (κ2) is 7.13. The molecule has 0 bridgehead atoms. The highest BCUT2D eigenvalue weighted by Crippen LogP contribution is 2.23. The van der Waals surface area contributed by atoms with Crippen molar-refractivity contribution in [1.82, 2.24) is 19.7 Å². The molecule has 24 heavy (non-hydrogen) atoms. The Balaban J connectivity index is 1.75. The summed E-state index contributed by atoms with van der Waals surface area (Å²) in [5.74, 6) is 1.77. The summed E-state index contributed by atoms with van der Waals surface area (Å²) in [5.41, 5.74) is 1.73. The molecule has 0 radical (unpaired) electrons. The van der Waals surface area contributed by atoms with Crippen LogP contribution < -0.4 is 0 Å². The number of aromatic nitrogens is 3. The Morgan fingerprint density at radius 1 is 1.38 bits per heavy atom. The molecule has 0 N–H and O–H groups in total. The molecule has 1 aromatic heterocycles. The van der Waals surface area contributed by atoms with Gasteiger partial charge in [0.2, 0.25) is 0 Å². The highest BCUT2D eigenvalue weighted by atomic mass is 16.5. The zero-order valence-corrected chi connectivity index (χ0v) is 14.5. The second-order valence-corrected chi connectivity index (χ2v) is 6.33. The summed E-state index contributed by atoms with van der Waals surface area (Å²) >= 11 is 0. The number of hydrogen-bond donors (Lipinski definition) is 0. The molecule has 1 aliphatic rings. The summed E-state index contributed by atoms with van der Waals surface area (Å²) in [5, 5.41) is 4.49. The van der Waals surface area contributed by atoms with E-state index in [9.17, 15) is 4.79 Å². The van der Waals surface area contributed by atoms with Crippen LogP contribution in [0.15, 0.2) is 24.3 Å². The van der Waals surface area contributed by atoms with E-state index in [4.69, 9.17) is 4.74 Å². The molecule has 1 fully saturated rings. The maximum absolute atomic E-state index is 12.9. The van der Waals surface area contributed by atoms with Crippen molar-refractivity contribution >= 4 is 5.91 Å². The zero-order valence-electron chi connectivity index (χ0n) is 14.5. The van der Waals surface area contributed by atoms with E-state index in [2.05, 4.69) is 10.1 Å². The summed E-state index contributed by atoms with van der Waals surface area (Å²) in [7, 11) is 1.66. The van der Waals surface area contributed by atoms with Gasteiger partial charge in [0.25, 0.3) is 5.91 Å². The highest BCUT2D eigenvalue weighted by Gasteiger charge is 2.27. The SMILES string of the molecule is COCc1cccc(C(=O)N2CCC[C@H](n3nc(C)nc3C)C2)c1. The number of rotatable bonds is 4. The van der Waals surface area contributed by atoms with Gasteiger partial charge in [0, 0.05) is 25.8 Å². The predicted molar refractivity (Wildman–Crippen MR) is 90.8 cm³/mol. The molecule has 6 nitrogen and oxygen atoms in total. The lowest BCUT2D eigenvalue weighted by Crippen LogP contribution is -2.41. The maximum atomic E-state index is 12.9. The van der Waals surface area contributed by atoms with Crippen molar-refractivity contribution in [3.05, 3.63) is 47.0 Å². The van der Waals surface area contributed by atoms with Gasteiger partial charge in [0.15, 0.2) is 0 Å². The minimum Gasteiger partial charge on any atom is -0.380 e. The Labute approximate surface area is 142 Å². The first-order valence-electron chi connectivity index (χ1n) is 8.35. The van der Waals surface area contributed by atoms with Crippen molar-refractivity contribution in [3.63, 3.8) is 0 Å². The summed E-state index contributed by atoms with van der Waals surface area (Å²) < 4.78 is 7.12. The highest BCUT2D eigenvalue weighted by molar-refractivity contribution is 5.94. The smallest absolute Gasteiger partial charge is 0.253 e. The summed E-state index contributed by atoms with van der Waals surface area (Å²) in [6, 6.07) is 7.87. The third-order valence-corrected chi connectivity index (χ3v) is 4.42. The molecule has 1 atom stereocenters. The number of benzene rings is 1. The minimum absolute atomic E-state index is 0.0761. The van der Waals surface area contributed by atoms with Crippen LogP contribution in [0.3, 0.4) is 0 Å². The molecule has 0 aliphatic carbocycles. The number of piperidine rings is 1. The third-order valence-electron chi connectivity index (χ3n) is 4.42. The molecule has 0 spiro atoms. The van der Waals surface area contributed by atoms with E-state index in [0.717, 1.165) is 42.2 Å². The molecular weight excluding hydrogens is 304 g/mol. The number of ether oxygens (including phenoxy) is 1. The van der Waals surface area contributed by atoms with Crippen LogP contribution in [0.5, 0.6) is 0 Å². The summed E-state index contributed by atoms with van der Waals surface area (Å²) in [6.45, 7) is 5.85. The van der Waals surface area contributed by atoms with Crippen LogP contribution in [0, 0.1) is 13.8 Å². The van der Waals surface area contributed by atoms with Gasteiger partial charge in [0.1, 0.15) is 11.6 Å². The largest absolute Gasteiger partial charge is 0.380 e. The Kier molecular flexibility index (Phi) is 4.94. The lowest BCUT2D eigenvalue weighted by molar-refractivity contribution is 0.0671. The maximum Gasteiger partial charge on any atom is 0.253 e. The van der Waals surface area contributed by atoms with E-state index in [-0.39, 0.29) is 11.9 Å². The molecular formula is C18H24N4O2. The second-order valence-electron chi connectivity index (χ2n) is 6.33. The third kappa shape index (κ3) is 3.48. The van der Waals surface area contributed by atoms with Crippen molar-refractivity contribution in [2.45, 2.75) is 39.3 Å². The Morgan fingerprint density at radius 2 is 2.21 bits per heavy atom. The average molecular weight is 328 g/mol. The van der Waals surface area contributed by atoms with E-state index in [1.165, 1.54) is 0 Å². The van der Waals surface area contributed by atoms with E-state index in [1.807, 2.05) is 47.7 Å². The first-order chi connectivity index (χ1) is 11.6. The Bertz CT molecular complexity index is 726. The van der Waals surface area contributed by atoms with Gasteiger partial charge in [-0.3, -0.25) is 4.79 Å². The van der Waals surface area contributed by atoms with Crippen molar-refractivity contribution in [1.29, 1.82) is 0 Å². The van der Waals surface area contributed by atoms with Gasteiger partial charge in [-0.25, -0.2) is 9.67 Å². The van der Waals surface area contributed by atoms with E-state index < -0.39 is 0 Å². The lowest BCUT2D eigenvalue weighted by atomic mass is 10.0. The molecule has 1 aliphatic heterocycles. The van der Waals surface area contributed by atoms with Crippen LogP contribution in [0.2, 0.25) is 0 Å². The van der Waals surface area contributed by atoms with E-state index in [1.54, 1.807) is 7.11 Å². The van der Waals surface area contributed by atoms with Crippen LogP contribution in [-0.4, -0.2) is 45.8 Å². The number of aryl methyl sites for hydroxylation is 2. The molecule has 3 rings (SSSR count). The summed E-state index contributed by atoms with van der Waals surface area (Å²) in [6.07, 6.45) is 2.00. The fourth-order valence-electron chi connectivity index (χ4n) is 3.36. The number of amides is 1. The van der Waals surface area contributed by atoms with Gasteiger partial charge in [-0.2, -0.15) is 5.10 Å². The van der Waals surface area contributed by atoms with Gasteiger partial charge in [-0.15, -0.1) is 0 Å². The normalized spacial score (nSPS) is 18.0. The van der Waals surface area contributed by atoms with Crippen LogP contribution >= 0.6 is 0 Å². The molecule has 1 amide bonds. The van der Waals surface area contributed by atoms with Crippen molar-refractivity contribution in [2.75, 3.05) is 20.2 Å². The molecule has 2 heterocycles. The fourth-order valence-corrected chi connectivity index (χ4v) is 3.36. The van der Waals surface area contributed by atoms with Crippen molar-refractivity contribution in [3.8, 4) is 0 Å². The quantitative estimate of drug-likeness (QED) is 0.865. The van der Waals surface area contributed by atoms with Crippen molar-refractivity contribution < 1.29 is 9.53 Å². The van der Waals surface area contributed by atoms with Gasteiger partial charge in [-0.05, 0) is 44.4 Å². The number of likely N-dealkylation sites (tertiary alicyclic amines) is 1. The molecule has 6 heteroatoms. The predicted octanol–water partition coefficient (Wildman–Crippen LogP) is 2.52. The van der Waals surface area contributed by atoms with Crippen LogP contribution in [0.4, 0.5) is 0 Å². The number of nitrogens with zero attached hydrogens (tertiary/aromatic N) is 4. The molecule has 2 aromatic rings.